The summed E-state index contributed by atoms with van der Waals surface area (Å²) in [5.74, 6) is -0.0432. The summed E-state index contributed by atoms with van der Waals surface area (Å²) in [5.41, 5.74) is 10.0. The van der Waals surface area contributed by atoms with Crippen molar-refractivity contribution >= 4 is 11.8 Å². The quantitative estimate of drug-likeness (QED) is 0.846. The lowest BCUT2D eigenvalue weighted by Crippen LogP contribution is -2.39. The van der Waals surface area contributed by atoms with E-state index in [9.17, 15) is 4.79 Å². The largest absolute Gasteiger partial charge is 0.462 e. The van der Waals surface area contributed by atoms with E-state index >= 15 is 0 Å². The fourth-order valence-electron chi connectivity index (χ4n) is 4.30. The van der Waals surface area contributed by atoms with Gasteiger partial charge in [0.05, 0.1) is 11.9 Å². The number of nitrogens with zero attached hydrogens (tertiary/aromatic N) is 3. The minimum absolute atomic E-state index is 0.0432. The third-order valence-electron chi connectivity index (χ3n) is 5.33. The Balaban J connectivity index is 1.67. The Morgan fingerprint density at radius 2 is 2.07 bits per heavy atom. The van der Waals surface area contributed by atoms with Gasteiger partial charge in [0.2, 0.25) is 0 Å². The van der Waals surface area contributed by atoms with E-state index in [-0.39, 0.29) is 23.6 Å². The van der Waals surface area contributed by atoms with Gasteiger partial charge in [0, 0.05) is 12.6 Å². The maximum Gasteiger partial charge on any atom is 0.283 e. The molecule has 0 fully saturated rings. The number of carbonyl (C=O) groups excluding carboxylic acids is 1. The molecule has 6 heteroatoms. The SMILES string of the molecule is Cc1cnc(C(=O)Cc2ccc3c(c2)C2(COC(N)=N2)CC(C)(C)C3)cn1. The van der Waals surface area contributed by atoms with Gasteiger partial charge in [-0.3, -0.25) is 9.78 Å². The first-order valence-electron chi connectivity index (χ1n) is 9.19. The molecule has 0 saturated heterocycles. The molecule has 0 saturated carbocycles. The average molecular weight is 364 g/mol. The normalized spacial score (nSPS) is 22.9. The molecule has 1 aliphatic carbocycles. The molecule has 0 radical (unpaired) electrons. The van der Waals surface area contributed by atoms with Crippen molar-refractivity contribution in [2.75, 3.05) is 6.61 Å². The molecule has 1 atom stereocenters. The standard InChI is InChI=1S/C21H24N4O2/c1-13-9-24-17(10-23-13)18(26)7-14-4-5-15-8-20(2,3)11-21(16(15)6-14)12-27-19(22)25-21/h4-6,9-10H,7-8,11-12H2,1-3H3,(H2,22,25). The van der Waals surface area contributed by atoms with Gasteiger partial charge >= 0.3 is 0 Å². The van der Waals surface area contributed by atoms with Crippen LogP contribution in [0.25, 0.3) is 0 Å². The van der Waals surface area contributed by atoms with E-state index in [1.54, 1.807) is 6.20 Å². The van der Waals surface area contributed by atoms with Gasteiger partial charge in [-0.2, -0.15) is 0 Å². The molecule has 6 nitrogen and oxygen atoms in total. The number of hydrogen-bond acceptors (Lipinski definition) is 6. The molecule has 1 aromatic carbocycles. The number of aryl methyl sites for hydroxylation is 1. The van der Waals surface area contributed by atoms with Crippen LogP contribution >= 0.6 is 0 Å². The van der Waals surface area contributed by atoms with Crippen LogP contribution in [-0.2, 0) is 23.1 Å². The zero-order valence-electron chi connectivity index (χ0n) is 16.0. The van der Waals surface area contributed by atoms with Gasteiger partial charge in [0.25, 0.3) is 6.02 Å². The Morgan fingerprint density at radius 3 is 2.74 bits per heavy atom. The number of ether oxygens (including phenoxy) is 1. The van der Waals surface area contributed by atoms with Crippen LogP contribution in [0.5, 0.6) is 0 Å². The number of benzene rings is 1. The van der Waals surface area contributed by atoms with Gasteiger partial charge < -0.3 is 10.5 Å². The number of amidine groups is 1. The number of fused-ring (bicyclic) bond motifs is 2. The Labute approximate surface area is 158 Å². The molecular formula is C21H24N4O2. The molecule has 2 aliphatic rings. The number of hydrogen-bond donors (Lipinski definition) is 1. The lowest BCUT2D eigenvalue weighted by molar-refractivity contribution is 0.0987. The third kappa shape index (κ3) is 3.31. The molecular weight excluding hydrogens is 340 g/mol. The smallest absolute Gasteiger partial charge is 0.283 e. The van der Waals surface area contributed by atoms with Crippen molar-refractivity contribution in [1.82, 2.24) is 9.97 Å². The van der Waals surface area contributed by atoms with Crippen molar-refractivity contribution in [3.8, 4) is 0 Å². The number of aliphatic imine (C=N–C) groups is 1. The highest BCUT2D eigenvalue weighted by molar-refractivity contribution is 5.95. The topological polar surface area (TPSA) is 90.5 Å². The van der Waals surface area contributed by atoms with Crippen molar-refractivity contribution in [3.05, 3.63) is 58.7 Å². The van der Waals surface area contributed by atoms with E-state index in [0.717, 1.165) is 29.7 Å². The second-order valence-corrected chi connectivity index (χ2v) is 8.42. The third-order valence-corrected chi connectivity index (χ3v) is 5.33. The Bertz CT molecular complexity index is 934. The minimum Gasteiger partial charge on any atom is -0.462 e. The molecule has 4 rings (SSSR count). The van der Waals surface area contributed by atoms with Crippen LogP contribution in [0.3, 0.4) is 0 Å². The van der Waals surface area contributed by atoms with Gasteiger partial charge in [-0.15, -0.1) is 0 Å². The Hall–Kier alpha value is -2.76. The van der Waals surface area contributed by atoms with E-state index in [1.165, 1.54) is 11.8 Å². The Kier molecular flexibility index (Phi) is 4.02. The van der Waals surface area contributed by atoms with Crippen LogP contribution in [0.2, 0.25) is 0 Å². The zero-order chi connectivity index (χ0) is 19.2. The van der Waals surface area contributed by atoms with Crippen LogP contribution in [0.1, 0.15) is 53.1 Å². The summed E-state index contributed by atoms with van der Waals surface area (Å²) in [5, 5.41) is 0. The molecule has 1 spiro atoms. The summed E-state index contributed by atoms with van der Waals surface area (Å²) in [6.45, 7) is 6.79. The summed E-state index contributed by atoms with van der Waals surface area (Å²) in [7, 11) is 0. The average Bonchev–Trinajstić information content (AvgIpc) is 2.96. The van der Waals surface area contributed by atoms with E-state index in [1.807, 2.05) is 13.0 Å². The number of aromatic nitrogens is 2. The lowest BCUT2D eigenvalue weighted by Gasteiger charge is -2.41. The number of Topliss-reactive ketones (excluding diaryl/α,β-unsaturated/α-hetero) is 1. The highest BCUT2D eigenvalue weighted by atomic mass is 16.5. The van der Waals surface area contributed by atoms with Crippen LogP contribution in [0.4, 0.5) is 0 Å². The molecule has 0 amide bonds. The van der Waals surface area contributed by atoms with Crippen LogP contribution in [-0.4, -0.2) is 28.4 Å². The van der Waals surface area contributed by atoms with Crippen molar-refractivity contribution in [2.45, 2.75) is 45.6 Å². The van der Waals surface area contributed by atoms with E-state index in [0.29, 0.717) is 12.3 Å². The fraction of sp³-hybridized carbons (Fsp3) is 0.429. The molecule has 1 aromatic heterocycles. The highest BCUT2D eigenvalue weighted by Crippen LogP contribution is 2.48. The van der Waals surface area contributed by atoms with Crippen LogP contribution < -0.4 is 5.73 Å². The zero-order valence-corrected chi connectivity index (χ0v) is 16.0. The molecule has 27 heavy (non-hydrogen) atoms. The highest BCUT2D eigenvalue weighted by Gasteiger charge is 2.47. The minimum atomic E-state index is -0.454. The van der Waals surface area contributed by atoms with Crippen molar-refractivity contribution in [2.24, 2.45) is 16.1 Å². The lowest BCUT2D eigenvalue weighted by atomic mass is 9.65. The first-order chi connectivity index (χ1) is 12.8. The maximum atomic E-state index is 12.6. The van der Waals surface area contributed by atoms with E-state index in [4.69, 9.17) is 10.5 Å². The summed E-state index contributed by atoms with van der Waals surface area (Å²) >= 11 is 0. The fourth-order valence-corrected chi connectivity index (χ4v) is 4.30. The second kappa shape index (κ2) is 6.15. The molecule has 140 valence electrons. The number of ketones is 1. The van der Waals surface area contributed by atoms with Gasteiger partial charge in [-0.1, -0.05) is 32.0 Å². The van der Waals surface area contributed by atoms with Crippen molar-refractivity contribution in [1.29, 1.82) is 0 Å². The molecule has 2 N–H and O–H groups in total. The predicted molar refractivity (Wildman–Crippen MR) is 103 cm³/mol. The van der Waals surface area contributed by atoms with Crippen molar-refractivity contribution in [3.63, 3.8) is 0 Å². The maximum absolute atomic E-state index is 12.6. The summed E-state index contributed by atoms with van der Waals surface area (Å²) in [6, 6.07) is 6.48. The van der Waals surface area contributed by atoms with E-state index < -0.39 is 5.54 Å². The number of nitrogens with two attached hydrogens (primary N) is 1. The predicted octanol–water partition coefficient (Wildman–Crippen LogP) is 2.72. The van der Waals surface area contributed by atoms with Gasteiger partial charge in [0.15, 0.2) is 5.78 Å². The molecule has 2 heterocycles. The first kappa shape index (κ1) is 17.6. The molecule has 2 aromatic rings. The van der Waals surface area contributed by atoms with E-state index in [2.05, 4.69) is 40.9 Å². The molecule has 1 aliphatic heterocycles. The molecule has 1 unspecified atom stereocenters. The number of carbonyl (C=O) groups is 1. The van der Waals surface area contributed by atoms with Gasteiger partial charge in [-0.05, 0) is 41.9 Å². The second-order valence-electron chi connectivity index (χ2n) is 8.42. The van der Waals surface area contributed by atoms with Gasteiger partial charge in [-0.25, -0.2) is 9.98 Å². The van der Waals surface area contributed by atoms with Crippen LogP contribution in [0, 0.1) is 12.3 Å². The Morgan fingerprint density at radius 1 is 1.26 bits per heavy atom. The first-order valence-corrected chi connectivity index (χ1v) is 9.19. The van der Waals surface area contributed by atoms with Crippen LogP contribution in [0.15, 0.2) is 35.6 Å². The summed E-state index contributed by atoms with van der Waals surface area (Å²) < 4.78 is 5.54. The van der Waals surface area contributed by atoms with Gasteiger partial charge in [0.1, 0.15) is 17.8 Å². The summed E-state index contributed by atoms with van der Waals surface area (Å²) in [4.78, 5) is 25.6. The summed E-state index contributed by atoms with van der Waals surface area (Å²) in [6.07, 6.45) is 5.27. The molecule has 0 bridgehead atoms. The monoisotopic (exact) mass is 364 g/mol. The number of rotatable bonds is 3. The van der Waals surface area contributed by atoms with Crippen molar-refractivity contribution < 1.29 is 9.53 Å².